The van der Waals surface area contributed by atoms with E-state index in [-0.39, 0.29) is 12.5 Å². The molecule has 1 atom stereocenters. The van der Waals surface area contributed by atoms with Crippen LogP contribution in [0.25, 0.3) is 0 Å². The molecule has 0 rings (SSSR count). The highest BCUT2D eigenvalue weighted by Crippen LogP contribution is 1.96. The predicted molar refractivity (Wildman–Crippen MR) is 40.3 cm³/mol. The molecule has 0 fully saturated rings. The minimum absolute atomic E-state index is 0.0352. The molecule has 4 heteroatoms. The van der Waals surface area contributed by atoms with Crippen LogP contribution in [0.15, 0.2) is 0 Å². The molecule has 11 heavy (non-hydrogen) atoms. The van der Waals surface area contributed by atoms with Gasteiger partial charge in [0.1, 0.15) is 0 Å². The first-order valence-electron chi connectivity index (χ1n) is 3.64. The van der Waals surface area contributed by atoms with Gasteiger partial charge in [-0.1, -0.05) is 13.8 Å². The van der Waals surface area contributed by atoms with Crippen molar-refractivity contribution in [1.29, 1.82) is 0 Å². The SMILES string of the molecule is CC(C)NCCC(F)C(=O)O. The van der Waals surface area contributed by atoms with Crippen molar-refractivity contribution < 1.29 is 14.3 Å². The van der Waals surface area contributed by atoms with Gasteiger partial charge in [0.15, 0.2) is 6.17 Å². The van der Waals surface area contributed by atoms with E-state index in [4.69, 9.17) is 5.11 Å². The number of hydrogen-bond donors (Lipinski definition) is 2. The molecule has 0 aromatic rings. The molecule has 0 heterocycles. The van der Waals surface area contributed by atoms with Crippen molar-refractivity contribution >= 4 is 5.97 Å². The van der Waals surface area contributed by atoms with Gasteiger partial charge in [0.25, 0.3) is 0 Å². The fourth-order valence-electron chi connectivity index (χ4n) is 0.622. The molecule has 0 aromatic heterocycles. The van der Waals surface area contributed by atoms with E-state index in [9.17, 15) is 9.18 Å². The first-order chi connectivity index (χ1) is 5.04. The van der Waals surface area contributed by atoms with Gasteiger partial charge in [0.2, 0.25) is 0 Å². The summed E-state index contributed by atoms with van der Waals surface area (Å²) in [4.78, 5) is 9.97. The van der Waals surface area contributed by atoms with E-state index in [1.807, 2.05) is 13.8 Å². The summed E-state index contributed by atoms with van der Waals surface area (Å²) in [6.07, 6.45) is -1.70. The van der Waals surface area contributed by atoms with Crippen LogP contribution >= 0.6 is 0 Å². The monoisotopic (exact) mass is 163 g/mol. The molecule has 0 amide bonds. The molecule has 0 bridgehead atoms. The van der Waals surface area contributed by atoms with Gasteiger partial charge < -0.3 is 10.4 Å². The molecule has 1 unspecified atom stereocenters. The van der Waals surface area contributed by atoms with E-state index >= 15 is 0 Å². The maximum atomic E-state index is 12.3. The zero-order valence-corrected chi connectivity index (χ0v) is 6.80. The Labute approximate surface area is 65.6 Å². The van der Waals surface area contributed by atoms with Crippen molar-refractivity contribution in [3.05, 3.63) is 0 Å². The normalized spacial score (nSPS) is 13.5. The Hall–Kier alpha value is -0.640. The lowest BCUT2D eigenvalue weighted by molar-refractivity contribution is -0.142. The number of aliphatic carboxylic acids is 1. The maximum absolute atomic E-state index is 12.3. The van der Waals surface area contributed by atoms with Crippen LogP contribution in [-0.4, -0.2) is 29.8 Å². The summed E-state index contributed by atoms with van der Waals surface area (Å²) in [5.74, 6) is -1.38. The van der Waals surface area contributed by atoms with Crippen LogP contribution in [0, 0.1) is 0 Å². The molecule has 0 radical (unpaired) electrons. The molecule has 0 aromatic carbocycles. The van der Waals surface area contributed by atoms with Crippen molar-refractivity contribution in [1.82, 2.24) is 5.32 Å². The Kier molecular flexibility index (Phi) is 4.77. The zero-order valence-electron chi connectivity index (χ0n) is 6.80. The van der Waals surface area contributed by atoms with Crippen LogP contribution in [-0.2, 0) is 4.79 Å². The highest BCUT2D eigenvalue weighted by Gasteiger charge is 2.14. The topological polar surface area (TPSA) is 49.3 Å². The van der Waals surface area contributed by atoms with E-state index < -0.39 is 12.1 Å². The third-order valence-corrected chi connectivity index (χ3v) is 1.22. The first kappa shape index (κ1) is 10.4. The van der Waals surface area contributed by atoms with Gasteiger partial charge in [0, 0.05) is 12.5 Å². The van der Waals surface area contributed by atoms with Gasteiger partial charge in [-0.05, 0) is 6.54 Å². The van der Waals surface area contributed by atoms with Gasteiger partial charge in [-0.15, -0.1) is 0 Å². The minimum Gasteiger partial charge on any atom is -0.479 e. The lowest BCUT2D eigenvalue weighted by Gasteiger charge is -2.07. The Morgan fingerprint density at radius 1 is 1.64 bits per heavy atom. The summed E-state index contributed by atoms with van der Waals surface area (Å²) < 4.78 is 12.3. The average Bonchev–Trinajstić information content (AvgIpc) is 1.86. The molecule has 0 aliphatic heterocycles. The van der Waals surface area contributed by atoms with E-state index in [0.717, 1.165) is 0 Å². The Morgan fingerprint density at radius 3 is 2.55 bits per heavy atom. The number of alkyl halides is 1. The first-order valence-corrected chi connectivity index (χ1v) is 3.64. The van der Waals surface area contributed by atoms with Crippen molar-refractivity contribution in [2.75, 3.05) is 6.54 Å². The van der Waals surface area contributed by atoms with Crippen molar-refractivity contribution in [3.63, 3.8) is 0 Å². The van der Waals surface area contributed by atoms with Gasteiger partial charge in [-0.3, -0.25) is 0 Å². The van der Waals surface area contributed by atoms with E-state index in [0.29, 0.717) is 6.54 Å². The number of carboxylic acids is 1. The molecular formula is C7H14FNO2. The number of nitrogens with one attached hydrogen (secondary N) is 1. The van der Waals surface area contributed by atoms with Crippen molar-refractivity contribution in [2.45, 2.75) is 32.5 Å². The number of rotatable bonds is 5. The Balaban J connectivity index is 3.31. The second-order valence-corrected chi connectivity index (χ2v) is 2.70. The second-order valence-electron chi connectivity index (χ2n) is 2.70. The van der Waals surface area contributed by atoms with Crippen LogP contribution in [0.4, 0.5) is 4.39 Å². The lowest BCUT2D eigenvalue weighted by Crippen LogP contribution is -2.27. The largest absolute Gasteiger partial charge is 0.479 e. The maximum Gasteiger partial charge on any atom is 0.338 e. The third-order valence-electron chi connectivity index (χ3n) is 1.22. The smallest absolute Gasteiger partial charge is 0.338 e. The number of hydrogen-bond acceptors (Lipinski definition) is 2. The number of carboxylic acid groups (broad SMARTS) is 1. The molecular weight excluding hydrogens is 149 g/mol. The molecule has 0 aliphatic carbocycles. The lowest BCUT2D eigenvalue weighted by atomic mass is 10.2. The fraction of sp³-hybridized carbons (Fsp3) is 0.857. The molecule has 0 spiro atoms. The number of halogens is 1. The van der Waals surface area contributed by atoms with Crippen LogP contribution in [0.5, 0.6) is 0 Å². The summed E-state index contributed by atoms with van der Waals surface area (Å²) in [5, 5.41) is 11.1. The fourth-order valence-corrected chi connectivity index (χ4v) is 0.622. The van der Waals surface area contributed by atoms with E-state index in [2.05, 4.69) is 5.32 Å². The molecule has 66 valence electrons. The van der Waals surface area contributed by atoms with Crippen LogP contribution in [0.3, 0.4) is 0 Å². The Bertz CT molecular complexity index is 128. The van der Waals surface area contributed by atoms with Gasteiger partial charge >= 0.3 is 5.97 Å². The third kappa shape index (κ3) is 5.79. The van der Waals surface area contributed by atoms with Crippen molar-refractivity contribution in [2.24, 2.45) is 0 Å². The van der Waals surface area contributed by atoms with Crippen LogP contribution in [0.1, 0.15) is 20.3 Å². The highest BCUT2D eigenvalue weighted by atomic mass is 19.1. The van der Waals surface area contributed by atoms with Crippen LogP contribution < -0.4 is 5.32 Å². The Morgan fingerprint density at radius 2 is 2.18 bits per heavy atom. The highest BCUT2D eigenvalue weighted by molar-refractivity contribution is 5.71. The zero-order chi connectivity index (χ0) is 8.85. The second kappa shape index (κ2) is 5.07. The average molecular weight is 163 g/mol. The molecule has 0 aliphatic rings. The predicted octanol–water partition coefficient (Wildman–Crippen LogP) is 0.797. The summed E-state index contributed by atoms with van der Waals surface area (Å²) in [7, 11) is 0. The summed E-state index contributed by atoms with van der Waals surface area (Å²) >= 11 is 0. The molecule has 0 saturated carbocycles. The van der Waals surface area contributed by atoms with E-state index in [1.165, 1.54) is 0 Å². The summed E-state index contributed by atoms with van der Waals surface area (Å²) in [6, 6.07) is 0.274. The van der Waals surface area contributed by atoms with Gasteiger partial charge in [-0.25, -0.2) is 9.18 Å². The standard InChI is InChI=1S/C7H14FNO2/c1-5(2)9-4-3-6(8)7(10)11/h5-6,9H,3-4H2,1-2H3,(H,10,11). The summed E-state index contributed by atoms with van der Waals surface area (Å²) in [5.41, 5.74) is 0. The van der Waals surface area contributed by atoms with Crippen molar-refractivity contribution in [3.8, 4) is 0 Å². The molecule has 2 N–H and O–H groups in total. The van der Waals surface area contributed by atoms with Crippen LogP contribution in [0.2, 0.25) is 0 Å². The summed E-state index contributed by atoms with van der Waals surface area (Å²) in [6.45, 7) is 4.26. The number of carbonyl (C=O) groups is 1. The van der Waals surface area contributed by atoms with E-state index in [1.54, 1.807) is 0 Å². The minimum atomic E-state index is -1.73. The quantitative estimate of drug-likeness (QED) is 0.630. The molecule has 3 nitrogen and oxygen atoms in total. The molecule has 0 saturated heterocycles. The van der Waals surface area contributed by atoms with Gasteiger partial charge in [0.05, 0.1) is 0 Å². The van der Waals surface area contributed by atoms with Gasteiger partial charge in [-0.2, -0.15) is 0 Å².